The third kappa shape index (κ3) is 6.08. The number of hydrogen-bond donors (Lipinski definition) is 2. The molecule has 1 atom stereocenters. The summed E-state index contributed by atoms with van der Waals surface area (Å²) in [4.78, 5) is 13.2. The monoisotopic (exact) mass is 507 g/mol. The minimum absolute atomic E-state index is 0. The van der Waals surface area contributed by atoms with Gasteiger partial charge in [0.25, 0.3) is 0 Å². The second kappa shape index (κ2) is 11.1. The Bertz CT molecular complexity index is 687. The largest absolute Gasteiger partial charge is 0.356 e. The van der Waals surface area contributed by atoms with Gasteiger partial charge >= 0.3 is 0 Å². The maximum atomic E-state index is 4.57. The fourth-order valence-electron chi connectivity index (χ4n) is 2.74. The zero-order valence-corrected chi connectivity index (χ0v) is 19.1. The highest BCUT2D eigenvalue weighted by molar-refractivity contribution is 14.0. The Kier molecular flexibility index (Phi) is 9.12. The number of nitrogens with one attached hydrogen (secondary N) is 2. The van der Waals surface area contributed by atoms with Crippen molar-refractivity contribution in [1.82, 2.24) is 30.4 Å². The van der Waals surface area contributed by atoms with Gasteiger partial charge in [-0.3, -0.25) is 4.99 Å². The predicted molar refractivity (Wildman–Crippen MR) is 119 cm³/mol. The first-order valence-electron chi connectivity index (χ1n) is 8.70. The minimum Gasteiger partial charge on any atom is -0.356 e. The lowest BCUT2D eigenvalue weighted by Crippen LogP contribution is -2.47. The molecule has 2 N–H and O–H groups in total. The van der Waals surface area contributed by atoms with Crippen LogP contribution in [0.25, 0.3) is 0 Å². The first kappa shape index (κ1) is 21.4. The van der Waals surface area contributed by atoms with E-state index in [2.05, 4.69) is 37.6 Å². The third-order valence-electron chi connectivity index (χ3n) is 4.03. The Labute approximate surface area is 179 Å². The second-order valence-electron chi connectivity index (χ2n) is 5.86. The van der Waals surface area contributed by atoms with Gasteiger partial charge in [0.05, 0.1) is 6.54 Å². The van der Waals surface area contributed by atoms with Crippen molar-refractivity contribution < 1.29 is 0 Å². The predicted octanol–water partition coefficient (Wildman–Crippen LogP) is 2.58. The van der Waals surface area contributed by atoms with Crippen LogP contribution < -0.4 is 10.6 Å². The first-order valence-corrected chi connectivity index (χ1v) is 10.6. The molecule has 144 valence electrons. The molecule has 0 radical (unpaired) electrons. The van der Waals surface area contributed by atoms with E-state index in [0.717, 1.165) is 66.5 Å². The number of aliphatic imine (C=N–C) groups is 1. The van der Waals surface area contributed by atoms with Crippen molar-refractivity contribution in [3.8, 4) is 0 Å². The smallest absolute Gasteiger partial charge is 0.191 e. The van der Waals surface area contributed by atoms with Crippen LogP contribution in [0.3, 0.4) is 0 Å². The molecule has 0 saturated heterocycles. The fourth-order valence-corrected chi connectivity index (χ4v) is 4.38. The van der Waals surface area contributed by atoms with Crippen molar-refractivity contribution in [2.45, 2.75) is 49.5 Å². The molecule has 0 spiro atoms. The summed E-state index contributed by atoms with van der Waals surface area (Å²) in [6.45, 7) is 3.85. The SMILES string of the molecule is CCc1nc2n(n1)CC(NC(=NC)NCCCSc1nccs1)CC2.I. The molecule has 3 rings (SSSR count). The van der Waals surface area contributed by atoms with Gasteiger partial charge in [0.2, 0.25) is 0 Å². The Morgan fingerprint density at radius 3 is 3.12 bits per heavy atom. The van der Waals surface area contributed by atoms with Crippen molar-refractivity contribution in [2.75, 3.05) is 19.3 Å². The molecule has 2 aromatic heterocycles. The fraction of sp³-hybridized carbons (Fsp3) is 0.625. The van der Waals surface area contributed by atoms with E-state index >= 15 is 0 Å². The highest BCUT2D eigenvalue weighted by Crippen LogP contribution is 2.20. The quantitative estimate of drug-likeness (QED) is 0.197. The zero-order valence-electron chi connectivity index (χ0n) is 15.1. The van der Waals surface area contributed by atoms with E-state index in [-0.39, 0.29) is 24.0 Å². The lowest BCUT2D eigenvalue weighted by atomic mass is 10.1. The number of fused-ring (bicyclic) bond motifs is 1. The van der Waals surface area contributed by atoms with Gasteiger partial charge in [0, 0.05) is 49.8 Å². The van der Waals surface area contributed by atoms with E-state index < -0.39 is 0 Å². The van der Waals surface area contributed by atoms with Crippen LogP contribution in [0, 0.1) is 0 Å². The molecule has 2 aromatic rings. The van der Waals surface area contributed by atoms with Gasteiger partial charge in [0.1, 0.15) is 10.2 Å². The summed E-state index contributed by atoms with van der Waals surface area (Å²) in [6.07, 6.45) is 5.84. The Balaban J connectivity index is 0.00000243. The van der Waals surface area contributed by atoms with Crippen LogP contribution in [-0.2, 0) is 19.4 Å². The highest BCUT2D eigenvalue weighted by atomic mass is 127. The molecule has 0 aliphatic carbocycles. The van der Waals surface area contributed by atoms with Gasteiger partial charge in [-0.05, 0) is 12.8 Å². The van der Waals surface area contributed by atoms with Crippen molar-refractivity contribution in [3.05, 3.63) is 23.2 Å². The van der Waals surface area contributed by atoms with Crippen LogP contribution in [0.5, 0.6) is 0 Å². The lowest BCUT2D eigenvalue weighted by Gasteiger charge is -2.25. The second-order valence-corrected chi connectivity index (χ2v) is 8.10. The Morgan fingerprint density at radius 1 is 1.50 bits per heavy atom. The third-order valence-corrected chi connectivity index (χ3v) is 6.08. The van der Waals surface area contributed by atoms with Crippen LogP contribution in [-0.4, -0.2) is 51.1 Å². The van der Waals surface area contributed by atoms with Crippen molar-refractivity contribution in [3.63, 3.8) is 0 Å². The van der Waals surface area contributed by atoms with Gasteiger partial charge in [-0.15, -0.1) is 35.3 Å². The summed E-state index contributed by atoms with van der Waals surface area (Å²) in [7, 11) is 1.82. The number of thiazole rings is 1. The van der Waals surface area contributed by atoms with Crippen molar-refractivity contribution >= 4 is 53.0 Å². The van der Waals surface area contributed by atoms with Gasteiger partial charge in [-0.1, -0.05) is 18.7 Å². The van der Waals surface area contributed by atoms with Crippen molar-refractivity contribution in [2.24, 2.45) is 4.99 Å². The maximum Gasteiger partial charge on any atom is 0.191 e. The van der Waals surface area contributed by atoms with Gasteiger partial charge in [-0.2, -0.15) is 5.10 Å². The van der Waals surface area contributed by atoms with Gasteiger partial charge in [0.15, 0.2) is 11.8 Å². The molecular weight excluding hydrogens is 481 g/mol. The molecular formula is C16H26IN7S2. The minimum atomic E-state index is 0. The summed E-state index contributed by atoms with van der Waals surface area (Å²) in [5.41, 5.74) is 0. The molecule has 0 aromatic carbocycles. The summed E-state index contributed by atoms with van der Waals surface area (Å²) in [5, 5.41) is 13.5. The summed E-state index contributed by atoms with van der Waals surface area (Å²) in [5.74, 6) is 3.97. The van der Waals surface area contributed by atoms with E-state index in [4.69, 9.17) is 0 Å². The molecule has 10 heteroatoms. The van der Waals surface area contributed by atoms with Crippen LogP contribution in [0.4, 0.5) is 0 Å². The molecule has 0 amide bonds. The Hall–Kier alpha value is -0.880. The average molecular weight is 507 g/mol. The topological polar surface area (TPSA) is 80.0 Å². The molecule has 1 aliphatic heterocycles. The van der Waals surface area contributed by atoms with Gasteiger partial charge in [-0.25, -0.2) is 14.6 Å². The highest BCUT2D eigenvalue weighted by Gasteiger charge is 2.21. The van der Waals surface area contributed by atoms with E-state index in [1.165, 1.54) is 0 Å². The number of halogens is 1. The number of guanidine groups is 1. The van der Waals surface area contributed by atoms with Crippen LogP contribution >= 0.6 is 47.1 Å². The number of aromatic nitrogens is 4. The standard InChI is InChI=1S/C16H25N7S2.HI/c1-3-13-21-14-6-5-12(11-23(14)22-13)20-15(17-2)18-7-4-9-24-16-19-8-10-25-16;/h8,10,12H,3-7,9,11H2,1-2H3,(H2,17,18,20);1H. The number of hydrogen-bond acceptors (Lipinski definition) is 6. The normalized spacial score (nSPS) is 16.7. The summed E-state index contributed by atoms with van der Waals surface area (Å²) >= 11 is 3.50. The number of aryl methyl sites for hydroxylation is 2. The lowest BCUT2D eigenvalue weighted by molar-refractivity contribution is 0.392. The number of rotatable bonds is 7. The summed E-state index contributed by atoms with van der Waals surface area (Å²) < 4.78 is 3.18. The van der Waals surface area contributed by atoms with Crippen molar-refractivity contribution in [1.29, 1.82) is 0 Å². The van der Waals surface area contributed by atoms with Gasteiger partial charge < -0.3 is 10.6 Å². The molecule has 26 heavy (non-hydrogen) atoms. The molecule has 0 bridgehead atoms. The van der Waals surface area contributed by atoms with Crippen LogP contribution in [0.15, 0.2) is 20.9 Å². The zero-order chi connectivity index (χ0) is 17.5. The molecule has 0 fully saturated rings. The molecule has 1 aliphatic rings. The molecule has 1 unspecified atom stereocenters. The van der Waals surface area contributed by atoms with E-state index in [0.29, 0.717) is 6.04 Å². The summed E-state index contributed by atoms with van der Waals surface area (Å²) in [6, 6.07) is 0.342. The molecule has 7 nitrogen and oxygen atoms in total. The van der Waals surface area contributed by atoms with E-state index in [1.54, 1.807) is 11.3 Å². The first-order chi connectivity index (χ1) is 12.3. The van der Waals surface area contributed by atoms with Crippen LogP contribution in [0.1, 0.15) is 31.4 Å². The van der Waals surface area contributed by atoms with E-state index in [1.807, 2.05) is 35.1 Å². The molecule has 3 heterocycles. The average Bonchev–Trinajstić information content (AvgIpc) is 3.29. The number of thioether (sulfide) groups is 1. The Morgan fingerprint density at radius 2 is 2.38 bits per heavy atom. The van der Waals surface area contributed by atoms with E-state index in [9.17, 15) is 0 Å². The molecule has 0 saturated carbocycles. The number of nitrogens with zero attached hydrogens (tertiary/aromatic N) is 5. The van der Waals surface area contributed by atoms with Crippen LogP contribution in [0.2, 0.25) is 0 Å². The maximum absolute atomic E-state index is 4.57.